The fraction of sp³-hybridized carbons (Fsp3) is 0.650. The van der Waals surface area contributed by atoms with Crippen molar-refractivity contribution in [1.82, 2.24) is 9.80 Å². The van der Waals surface area contributed by atoms with E-state index in [0.717, 1.165) is 52.3 Å². The van der Waals surface area contributed by atoms with Crippen molar-refractivity contribution in [3.05, 3.63) is 35.9 Å². The van der Waals surface area contributed by atoms with Crippen molar-refractivity contribution in [1.29, 1.82) is 0 Å². The molecule has 2 aliphatic heterocycles. The summed E-state index contributed by atoms with van der Waals surface area (Å²) in [5.74, 6) is 0.279. The fourth-order valence-corrected chi connectivity index (χ4v) is 4.05. The average Bonchev–Trinajstić information content (AvgIpc) is 2.66. The van der Waals surface area contributed by atoms with Crippen LogP contribution >= 0.6 is 0 Å². The van der Waals surface area contributed by atoms with E-state index in [1.165, 1.54) is 12.7 Å². The van der Waals surface area contributed by atoms with Crippen LogP contribution in [0.25, 0.3) is 0 Å². The number of hydrogen-bond acceptors (Lipinski definition) is 5. The summed E-state index contributed by atoms with van der Waals surface area (Å²) in [5, 5.41) is 0. The van der Waals surface area contributed by atoms with Crippen molar-refractivity contribution in [3.63, 3.8) is 0 Å². The molecular formula is C20H30N2O3. The van der Waals surface area contributed by atoms with Crippen LogP contribution in [-0.4, -0.2) is 74.9 Å². The van der Waals surface area contributed by atoms with Crippen LogP contribution in [0.5, 0.6) is 0 Å². The van der Waals surface area contributed by atoms with Gasteiger partial charge in [-0.1, -0.05) is 30.3 Å². The summed E-state index contributed by atoms with van der Waals surface area (Å²) in [4.78, 5) is 17.1. The van der Waals surface area contributed by atoms with Crippen LogP contribution in [0.15, 0.2) is 30.3 Å². The molecule has 0 radical (unpaired) electrons. The van der Waals surface area contributed by atoms with Gasteiger partial charge in [0.1, 0.15) is 0 Å². The molecule has 0 aromatic heterocycles. The first-order chi connectivity index (χ1) is 12.2. The number of likely N-dealkylation sites (tertiary alicyclic amines) is 1. The number of esters is 1. The smallest absolute Gasteiger partial charge is 0.309 e. The maximum Gasteiger partial charge on any atom is 0.309 e. The lowest BCUT2D eigenvalue weighted by Gasteiger charge is -2.39. The van der Waals surface area contributed by atoms with Crippen LogP contribution in [0, 0.1) is 5.92 Å². The van der Waals surface area contributed by atoms with Gasteiger partial charge in [0.15, 0.2) is 0 Å². The zero-order chi connectivity index (χ0) is 17.6. The lowest BCUT2D eigenvalue weighted by Crippen LogP contribution is -2.48. The molecule has 1 aromatic carbocycles. The highest BCUT2D eigenvalue weighted by Crippen LogP contribution is 2.30. The molecule has 1 aromatic rings. The molecule has 0 saturated carbocycles. The van der Waals surface area contributed by atoms with Crippen molar-refractivity contribution in [2.75, 3.05) is 53.0 Å². The summed E-state index contributed by atoms with van der Waals surface area (Å²) in [6.07, 6.45) is 1.19. The third-order valence-electron chi connectivity index (χ3n) is 5.39. The highest BCUT2D eigenvalue weighted by atomic mass is 16.5. The van der Waals surface area contributed by atoms with Gasteiger partial charge in [0.25, 0.3) is 0 Å². The molecule has 138 valence electrons. The van der Waals surface area contributed by atoms with Crippen LogP contribution in [0.4, 0.5) is 0 Å². The minimum Gasteiger partial charge on any atom is -0.469 e. The molecule has 0 amide bonds. The second-order valence-corrected chi connectivity index (χ2v) is 7.30. The predicted molar refractivity (Wildman–Crippen MR) is 97.6 cm³/mol. The molecular weight excluding hydrogens is 316 g/mol. The number of piperidine rings is 1. The number of carbonyl (C=O) groups is 1. The second kappa shape index (κ2) is 8.79. The number of morpholine rings is 1. The Hall–Kier alpha value is -1.43. The quantitative estimate of drug-likeness (QED) is 0.763. The van der Waals surface area contributed by atoms with Crippen LogP contribution < -0.4 is 0 Å². The summed E-state index contributed by atoms with van der Waals surface area (Å²) in [6, 6.07) is 10.5. The van der Waals surface area contributed by atoms with Gasteiger partial charge in [0.05, 0.1) is 25.7 Å². The SMILES string of the molecule is COC(=O)[C@@H]1C[C@@H](c2ccccc2)CN(CCN2CCO[C@@H](C)C2)C1. The third kappa shape index (κ3) is 5.03. The molecule has 0 N–H and O–H groups in total. The monoisotopic (exact) mass is 346 g/mol. The molecule has 0 unspecified atom stereocenters. The first-order valence-electron chi connectivity index (χ1n) is 9.34. The zero-order valence-electron chi connectivity index (χ0n) is 15.4. The van der Waals surface area contributed by atoms with Gasteiger partial charge in [-0.3, -0.25) is 9.69 Å². The predicted octanol–water partition coefficient (Wildman–Crippen LogP) is 1.99. The van der Waals surface area contributed by atoms with Crippen LogP contribution in [0.3, 0.4) is 0 Å². The summed E-state index contributed by atoms with van der Waals surface area (Å²) < 4.78 is 10.7. The molecule has 0 bridgehead atoms. The first-order valence-corrected chi connectivity index (χ1v) is 9.34. The van der Waals surface area contributed by atoms with E-state index in [0.29, 0.717) is 12.0 Å². The lowest BCUT2D eigenvalue weighted by molar-refractivity contribution is -0.147. The van der Waals surface area contributed by atoms with Gasteiger partial charge in [0, 0.05) is 39.3 Å². The minimum absolute atomic E-state index is 0.0347. The highest BCUT2D eigenvalue weighted by Gasteiger charge is 2.33. The maximum absolute atomic E-state index is 12.2. The van der Waals surface area contributed by atoms with Gasteiger partial charge in [-0.15, -0.1) is 0 Å². The van der Waals surface area contributed by atoms with E-state index in [1.54, 1.807) is 0 Å². The topological polar surface area (TPSA) is 42.0 Å². The first kappa shape index (κ1) is 18.4. The van der Waals surface area contributed by atoms with Crippen LogP contribution in [0.1, 0.15) is 24.8 Å². The van der Waals surface area contributed by atoms with Crippen molar-refractivity contribution < 1.29 is 14.3 Å². The van der Waals surface area contributed by atoms with Crippen molar-refractivity contribution in [2.45, 2.75) is 25.4 Å². The standard InChI is InChI=1S/C20H30N2O3/c1-16-13-21(10-11-25-16)8-9-22-14-18(17-6-4-3-5-7-17)12-19(15-22)20(23)24-2/h3-7,16,18-19H,8-15H2,1-2H3/t16-,18+,19+/m0/s1. The molecule has 2 heterocycles. The van der Waals surface area contributed by atoms with Gasteiger partial charge in [-0.2, -0.15) is 0 Å². The van der Waals surface area contributed by atoms with Crippen molar-refractivity contribution in [3.8, 4) is 0 Å². The average molecular weight is 346 g/mol. The Morgan fingerprint density at radius 2 is 1.92 bits per heavy atom. The van der Waals surface area contributed by atoms with E-state index in [4.69, 9.17) is 9.47 Å². The Bertz CT molecular complexity index is 551. The van der Waals surface area contributed by atoms with E-state index in [9.17, 15) is 4.79 Å². The second-order valence-electron chi connectivity index (χ2n) is 7.30. The highest BCUT2D eigenvalue weighted by molar-refractivity contribution is 5.72. The Morgan fingerprint density at radius 1 is 1.16 bits per heavy atom. The molecule has 0 aliphatic carbocycles. The Balaban J connectivity index is 1.62. The van der Waals surface area contributed by atoms with E-state index in [-0.39, 0.29) is 11.9 Å². The van der Waals surface area contributed by atoms with E-state index in [2.05, 4.69) is 41.0 Å². The lowest BCUT2D eigenvalue weighted by atomic mass is 9.84. The third-order valence-corrected chi connectivity index (χ3v) is 5.39. The van der Waals surface area contributed by atoms with Gasteiger partial charge in [-0.05, 0) is 24.8 Å². The Morgan fingerprint density at radius 3 is 2.64 bits per heavy atom. The summed E-state index contributed by atoms with van der Waals surface area (Å²) in [5.41, 5.74) is 1.32. The number of hydrogen-bond donors (Lipinski definition) is 0. The number of carbonyl (C=O) groups excluding carboxylic acids is 1. The molecule has 5 heteroatoms. The largest absolute Gasteiger partial charge is 0.469 e. The molecule has 2 saturated heterocycles. The molecule has 25 heavy (non-hydrogen) atoms. The van der Waals surface area contributed by atoms with E-state index < -0.39 is 0 Å². The zero-order valence-corrected chi connectivity index (χ0v) is 15.4. The summed E-state index contributed by atoms with van der Waals surface area (Å²) in [7, 11) is 1.49. The number of methoxy groups -OCH3 is 1. The summed E-state index contributed by atoms with van der Waals surface area (Å²) >= 11 is 0. The Labute approximate surface area is 150 Å². The van der Waals surface area contributed by atoms with E-state index in [1.807, 2.05) is 6.07 Å². The van der Waals surface area contributed by atoms with E-state index >= 15 is 0 Å². The fourth-order valence-electron chi connectivity index (χ4n) is 4.05. The Kier molecular flexibility index (Phi) is 6.45. The number of benzene rings is 1. The number of nitrogens with zero attached hydrogens (tertiary/aromatic N) is 2. The maximum atomic E-state index is 12.2. The van der Waals surface area contributed by atoms with Gasteiger partial charge >= 0.3 is 5.97 Å². The number of rotatable bonds is 5. The molecule has 3 atom stereocenters. The minimum atomic E-state index is -0.0781. The van der Waals surface area contributed by atoms with Crippen LogP contribution in [-0.2, 0) is 14.3 Å². The van der Waals surface area contributed by atoms with Gasteiger partial charge < -0.3 is 14.4 Å². The molecule has 2 fully saturated rings. The van der Waals surface area contributed by atoms with Crippen molar-refractivity contribution >= 4 is 5.97 Å². The molecule has 5 nitrogen and oxygen atoms in total. The van der Waals surface area contributed by atoms with Crippen molar-refractivity contribution in [2.24, 2.45) is 5.92 Å². The molecule has 3 rings (SSSR count). The number of ether oxygens (including phenoxy) is 2. The summed E-state index contributed by atoms with van der Waals surface area (Å²) in [6.45, 7) is 8.78. The molecule has 0 spiro atoms. The van der Waals surface area contributed by atoms with Crippen LogP contribution in [0.2, 0.25) is 0 Å². The normalized spacial score (nSPS) is 28.6. The molecule has 2 aliphatic rings. The van der Waals surface area contributed by atoms with Gasteiger partial charge in [-0.25, -0.2) is 0 Å². The van der Waals surface area contributed by atoms with Gasteiger partial charge in [0.2, 0.25) is 0 Å².